The number of ether oxygens (including phenoxy) is 2. The van der Waals surface area contributed by atoms with Crippen LogP contribution in [0.25, 0.3) is 0 Å². The lowest BCUT2D eigenvalue weighted by molar-refractivity contribution is -0.384. The molecule has 2 aromatic rings. The second-order valence-corrected chi connectivity index (χ2v) is 5.37. The molecular weight excluding hydrogens is 385 g/mol. The highest BCUT2D eigenvalue weighted by atomic mass is 19.4. The molecule has 0 aliphatic rings. The Bertz CT molecular complexity index is 914. The van der Waals surface area contributed by atoms with Crippen LogP contribution in [0.4, 0.5) is 24.5 Å². The number of esters is 1. The van der Waals surface area contributed by atoms with Gasteiger partial charge < -0.3 is 14.8 Å². The number of amides is 1. The molecule has 0 atom stereocenters. The van der Waals surface area contributed by atoms with Gasteiger partial charge in [0.05, 0.1) is 23.3 Å². The van der Waals surface area contributed by atoms with E-state index in [2.05, 4.69) is 14.8 Å². The van der Waals surface area contributed by atoms with Gasteiger partial charge in [-0.3, -0.25) is 14.9 Å². The molecule has 0 spiro atoms. The van der Waals surface area contributed by atoms with Crippen LogP contribution in [0.5, 0.6) is 5.75 Å². The zero-order valence-corrected chi connectivity index (χ0v) is 14.3. The highest BCUT2D eigenvalue weighted by molar-refractivity contribution is 6.06. The van der Waals surface area contributed by atoms with Crippen molar-refractivity contribution in [3.63, 3.8) is 0 Å². The Hall–Kier alpha value is -3.63. The Labute approximate surface area is 156 Å². The number of carbonyl (C=O) groups is 2. The molecular formula is C17H13F3N2O6. The number of nitro benzene ring substituents is 1. The van der Waals surface area contributed by atoms with E-state index in [0.717, 1.165) is 25.3 Å². The number of alkyl halides is 3. The molecule has 0 saturated heterocycles. The van der Waals surface area contributed by atoms with Gasteiger partial charge in [0.2, 0.25) is 0 Å². The quantitative estimate of drug-likeness (QED) is 0.453. The van der Waals surface area contributed by atoms with Crippen LogP contribution < -0.4 is 10.1 Å². The molecule has 8 nitrogen and oxygen atoms in total. The number of anilines is 1. The van der Waals surface area contributed by atoms with E-state index in [1.54, 1.807) is 0 Å². The molecule has 0 saturated carbocycles. The molecule has 11 heteroatoms. The van der Waals surface area contributed by atoms with E-state index in [4.69, 9.17) is 0 Å². The first kappa shape index (κ1) is 20.7. The van der Waals surface area contributed by atoms with Crippen LogP contribution in [0.1, 0.15) is 20.7 Å². The van der Waals surface area contributed by atoms with Crippen molar-refractivity contribution in [3.8, 4) is 5.75 Å². The van der Waals surface area contributed by atoms with Crippen LogP contribution >= 0.6 is 0 Å². The number of nitrogens with one attached hydrogen (secondary N) is 1. The number of carbonyl (C=O) groups excluding carboxylic acids is 2. The third kappa shape index (κ3) is 5.43. The molecule has 0 heterocycles. The number of para-hydroxylation sites is 2. The second-order valence-electron chi connectivity index (χ2n) is 5.37. The topological polar surface area (TPSA) is 108 Å². The monoisotopic (exact) mass is 398 g/mol. The van der Waals surface area contributed by atoms with E-state index in [1.807, 2.05) is 0 Å². The van der Waals surface area contributed by atoms with Gasteiger partial charge in [0.25, 0.3) is 11.6 Å². The number of benzene rings is 2. The summed E-state index contributed by atoms with van der Waals surface area (Å²) in [5, 5.41) is 13.3. The van der Waals surface area contributed by atoms with E-state index in [9.17, 15) is 32.9 Å². The fourth-order valence-corrected chi connectivity index (χ4v) is 2.13. The van der Waals surface area contributed by atoms with Crippen LogP contribution in [0.3, 0.4) is 0 Å². The lowest BCUT2D eigenvalue weighted by Crippen LogP contribution is -2.20. The number of hydrogen-bond acceptors (Lipinski definition) is 6. The van der Waals surface area contributed by atoms with Gasteiger partial charge in [0, 0.05) is 17.7 Å². The summed E-state index contributed by atoms with van der Waals surface area (Å²) in [6, 6.07) is 8.28. The van der Waals surface area contributed by atoms with Crippen LogP contribution in [0.15, 0.2) is 42.5 Å². The second kappa shape index (κ2) is 8.37. The number of hydrogen-bond donors (Lipinski definition) is 1. The maximum Gasteiger partial charge on any atom is 0.422 e. The molecule has 1 amide bonds. The summed E-state index contributed by atoms with van der Waals surface area (Å²) in [5.74, 6) is -2.03. The molecule has 1 N–H and O–H groups in total. The van der Waals surface area contributed by atoms with Gasteiger partial charge in [-0.2, -0.15) is 13.2 Å². The number of nitro groups is 1. The molecule has 0 aliphatic heterocycles. The first-order valence-corrected chi connectivity index (χ1v) is 7.58. The summed E-state index contributed by atoms with van der Waals surface area (Å²) in [7, 11) is 1.06. The van der Waals surface area contributed by atoms with Gasteiger partial charge >= 0.3 is 12.1 Å². The molecule has 2 rings (SSSR count). The van der Waals surface area contributed by atoms with Gasteiger partial charge in [-0.25, -0.2) is 4.79 Å². The van der Waals surface area contributed by atoms with Crippen molar-refractivity contribution in [2.24, 2.45) is 0 Å². The lowest BCUT2D eigenvalue weighted by Gasteiger charge is -2.14. The molecule has 148 valence electrons. The molecule has 0 fully saturated rings. The predicted molar refractivity (Wildman–Crippen MR) is 90.4 cm³/mol. The van der Waals surface area contributed by atoms with Crippen molar-refractivity contribution in [1.29, 1.82) is 0 Å². The van der Waals surface area contributed by atoms with Gasteiger partial charge in [-0.1, -0.05) is 12.1 Å². The minimum Gasteiger partial charge on any atom is -0.482 e. The van der Waals surface area contributed by atoms with Crippen molar-refractivity contribution in [3.05, 3.63) is 63.7 Å². The number of nitrogens with zero attached hydrogens (tertiary/aromatic N) is 1. The Morgan fingerprint density at radius 1 is 1.14 bits per heavy atom. The summed E-state index contributed by atoms with van der Waals surface area (Å²) < 4.78 is 46.2. The Balaban J connectivity index is 2.31. The first-order chi connectivity index (χ1) is 13.1. The Kier molecular flexibility index (Phi) is 6.18. The maximum atomic E-state index is 12.4. The summed E-state index contributed by atoms with van der Waals surface area (Å²) in [6.45, 7) is -1.57. The third-order valence-corrected chi connectivity index (χ3v) is 3.34. The summed E-state index contributed by atoms with van der Waals surface area (Å²) >= 11 is 0. The summed E-state index contributed by atoms with van der Waals surface area (Å²) in [4.78, 5) is 34.3. The smallest absolute Gasteiger partial charge is 0.422 e. The van der Waals surface area contributed by atoms with Crippen LogP contribution in [0, 0.1) is 10.1 Å². The number of rotatable bonds is 6. The lowest BCUT2D eigenvalue weighted by atomic mass is 10.1. The van der Waals surface area contributed by atoms with Gasteiger partial charge in [0.1, 0.15) is 5.75 Å². The van der Waals surface area contributed by atoms with Gasteiger partial charge in [0.15, 0.2) is 6.61 Å². The zero-order valence-electron chi connectivity index (χ0n) is 14.3. The zero-order chi connectivity index (χ0) is 20.9. The van der Waals surface area contributed by atoms with Crippen molar-refractivity contribution < 1.29 is 37.2 Å². The van der Waals surface area contributed by atoms with E-state index in [0.29, 0.717) is 0 Å². The molecule has 0 aliphatic carbocycles. The van der Waals surface area contributed by atoms with Crippen LogP contribution in [0.2, 0.25) is 0 Å². The standard InChI is InChI=1S/C17H13F3N2O6/c1-27-16(24)11-6-10(7-12(8-11)22(25)26)15(23)21-13-4-2-3-5-14(13)28-9-17(18,19)20/h2-8H,9H2,1H3,(H,21,23). The SMILES string of the molecule is COC(=O)c1cc(C(=O)Nc2ccccc2OCC(F)(F)F)cc([N+](=O)[O-])c1. The highest BCUT2D eigenvalue weighted by Gasteiger charge is 2.29. The van der Waals surface area contributed by atoms with E-state index >= 15 is 0 Å². The first-order valence-electron chi connectivity index (χ1n) is 7.58. The van der Waals surface area contributed by atoms with Crippen molar-refractivity contribution in [1.82, 2.24) is 0 Å². The summed E-state index contributed by atoms with van der Waals surface area (Å²) in [6.07, 6.45) is -4.58. The highest BCUT2D eigenvalue weighted by Crippen LogP contribution is 2.27. The minimum absolute atomic E-state index is 0.0807. The Morgan fingerprint density at radius 3 is 2.39 bits per heavy atom. The minimum atomic E-state index is -4.58. The number of halogens is 3. The van der Waals surface area contributed by atoms with E-state index in [-0.39, 0.29) is 22.6 Å². The van der Waals surface area contributed by atoms with Gasteiger partial charge in [-0.05, 0) is 18.2 Å². The van der Waals surface area contributed by atoms with Crippen LogP contribution in [-0.4, -0.2) is 36.7 Å². The van der Waals surface area contributed by atoms with E-state index in [1.165, 1.54) is 24.3 Å². The maximum absolute atomic E-state index is 12.4. The van der Waals surface area contributed by atoms with Crippen molar-refractivity contribution >= 4 is 23.3 Å². The summed E-state index contributed by atoms with van der Waals surface area (Å²) in [5.41, 5.74) is -1.11. The van der Waals surface area contributed by atoms with Crippen LogP contribution in [-0.2, 0) is 4.74 Å². The molecule has 2 aromatic carbocycles. The van der Waals surface area contributed by atoms with Crippen molar-refractivity contribution in [2.75, 3.05) is 19.0 Å². The van der Waals surface area contributed by atoms with Crippen molar-refractivity contribution in [2.45, 2.75) is 6.18 Å². The predicted octanol–water partition coefficient (Wildman–Crippen LogP) is 3.57. The van der Waals surface area contributed by atoms with Gasteiger partial charge in [-0.15, -0.1) is 0 Å². The average Bonchev–Trinajstić information content (AvgIpc) is 2.65. The molecule has 0 bridgehead atoms. The number of non-ortho nitro benzene ring substituents is 1. The van der Waals surface area contributed by atoms with E-state index < -0.39 is 35.3 Å². The molecule has 0 unspecified atom stereocenters. The molecule has 0 radical (unpaired) electrons. The normalized spacial score (nSPS) is 10.9. The number of methoxy groups -OCH3 is 1. The fourth-order valence-electron chi connectivity index (χ4n) is 2.13. The largest absolute Gasteiger partial charge is 0.482 e. The average molecular weight is 398 g/mol. The third-order valence-electron chi connectivity index (χ3n) is 3.34. The Morgan fingerprint density at radius 2 is 1.79 bits per heavy atom. The molecule has 0 aromatic heterocycles. The fraction of sp³-hybridized carbons (Fsp3) is 0.176. The molecule has 28 heavy (non-hydrogen) atoms.